The summed E-state index contributed by atoms with van der Waals surface area (Å²) in [5.74, 6) is -0.969. The molecule has 4 rings (SSSR count). The SMILES string of the molecule is Cc1ccc2nc(-c3ccc(NC(=O)COC(=O)C4CCN(C(=O)C(C)(C)C)CC4)cc3)sc2c1. The van der Waals surface area contributed by atoms with Gasteiger partial charge in [0.25, 0.3) is 5.91 Å². The summed E-state index contributed by atoms with van der Waals surface area (Å²) in [6.45, 7) is 8.47. The van der Waals surface area contributed by atoms with E-state index in [2.05, 4.69) is 23.3 Å². The van der Waals surface area contributed by atoms with E-state index < -0.39 is 5.41 Å². The number of hydrogen-bond donors (Lipinski definition) is 1. The number of ether oxygens (including phenoxy) is 1. The summed E-state index contributed by atoms with van der Waals surface area (Å²) in [6.07, 6.45) is 1.10. The molecule has 0 radical (unpaired) electrons. The van der Waals surface area contributed by atoms with E-state index in [0.29, 0.717) is 31.6 Å². The van der Waals surface area contributed by atoms with Gasteiger partial charge in [0.05, 0.1) is 16.1 Å². The van der Waals surface area contributed by atoms with Gasteiger partial charge in [0.2, 0.25) is 5.91 Å². The quantitative estimate of drug-likeness (QED) is 0.503. The summed E-state index contributed by atoms with van der Waals surface area (Å²) in [5, 5.41) is 3.69. The number of rotatable bonds is 5. The van der Waals surface area contributed by atoms with Crippen LogP contribution in [0.5, 0.6) is 0 Å². The molecule has 1 aromatic heterocycles. The Bertz CT molecular complexity index is 1240. The van der Waals surface area contributed by atoms with Crippen molar-refractivity contribution >= 4 is 45.0 Å². The van der Waals surface area contributed by atoms with Gasteiger partial charge in [-0.15, -0.1) is 11.3 Å². The first-order chi connectivity index (χ1) is 16.6. The minimum atomic E-state index is -0.433. The molecule has 7 nitrogen and oxygen atoms in total. The molecule has 8 heteroatoms. The second kappa shape index (κ2) is 10.2. The summed E-state index contributed by atoms with van der Waals surface area (Å²) in [4.78, 5) is 43.6. The van der Waals surface area contributed by atoms with Gasteiger partial charge in [0.1, 0.15) is 5.01 Å². The number of nitrogens with zero attached hydrogens (tertiary/aromatic N) is 2. The highest BCUT2D eigenvalue weighted by molar-refractivity contribution is 7.21. The molecule has 184 valence electrons. The number of esters is 1. The van der Waals surface area contributed by atoms with Crippen molar-refractivity contribution in [1.29, 1.82) is 0 Å². The van der Waals surface area contributed by atoms with Crippen LogP contribution in [0.3, 0.4) is 0 Å². The first-order valence-electron chi connectivity index (χ1n) is 11.8. The largest absolute Gasteiger partial charge is 0.455 e. The van der Waals surface area contributed by atoms with E-state index in [0.717, 1.165) is 20.8 Å². The van der Waals surface area contributed by atoms with Crippen LogP contribution in [-0.2, 0) is 19.1 Å². The highest BCUT2D eigenvalue weighted by Crippen LogP contribution is 2.31. The molecule has 1 saturated heterocycles. The molecule has 0 spiro atoms. The van der Waals surface area contributed by atoms with Crippen molar-refractivity contribution in [3.8, 4) is 10.6 Å². The van der Waals surface area contributed by atoms with Crippen molar-refractivity contribution in [3.05, 3.63) is 48.0 Å². The van der Waals surface area contributed by atoms with E-state index in [-0.39, 0.29) is 30.3 Å². The van der Waals surface area contributed by atoms with Crippen molar-refractivity contribution in [2.45, 2.75) is 40.5 Å². The molecule has 3 aromatic rings. The second-order valence-corrected chi connectivity index (χ2v) is 11.1. The molecule has 1 fully saturated rings. The van der Waals surface area contributed by atoms with Gasteiger partial charge in [-0.25, -0.2) is 4.98 Å². The number of carbonyl (C=O) groups is 3. The van der Waals surface area contributed by atoms with E-state index in [9.17, 15) is 14.4 Å². The zero-order chi connectivity index (χ0) is 25.2. The Hall–Kier alpha value is -3.26. The predicted octanol–water partition coefficient (Wildman–Crippen LogP) is 5.04. The number of nitrogens with one attached hydrogen (secondary N) is 1. The Balaban J connectivity index is 1.25. The van der Waals surface area contributed by atoms with Crippen molar-refractivity contribution in [3.63, 3.8) is 0 Å². The molecule has 0 atom stereocenters. The maximum Gasteiger partial charge on any atom is 0.309 e. The zero-order valence-electron chi connectivity index (χ0n) is 20.6. The fourth-order valence-electron chi connectivity index (χ4n) is 4.10. The standard InChI is InChI=1S/C27H31N3O4S/c1-17-5-10-21-22(15-17)35-24(29-21)18-6-8-20(9-7-18)28-23(31)16-34-25(32)19-11-13-30(14-12-19)26(33)27(2,3)4/h5-10,15,19H,11-14,16H2,1-4H3,(H,28,31). The summed E-state index contributed by atoms with van der Waals surface area (Å²) < 4.78 is 6.40. The molecule has 35 heavy (non-hydrogen) atoms. The van der Waals surface area contributed by atoms with Crippen molar-refractivity contribution in [2.75, 3.05) is 25.0 Å². The van der Waals surface area contributed by atoms with E-state index in [4.69, 9.17) is 4.74 Å². The van der Waals surface area contributed by atoms with E-state index in [1.165, 1.54) is 5.56 Å². The van der Waals surface area contributed by atoms with Gasteiger partial charge < -0.3 is 15.0 Å². The number of anilines is 1. The van der Waals surface area contributed by atoms with Crippen LogP contribution < -0.4 is 5.32 Å². The molecule has 1 aliphatic rings. The number of aromatic nitrogens is 1. The second-order valence-electron chi connectivity index (χ2n) is 10.0. The fraction of sp³-hybridized carbons (Fsp3) is 0.407. The Morgan fingerprint density at radius 1 is 1.09 bits per heavy atom. The summed E-state index contributed by atoms with van der Waals surface area (Å²) >= 11 is 1.63. The topological polar surface area (TPSA) is 88.6 Å². The lowest BCUT2D eigenvalue weighted by molar-refractivity contribution is -0.155. The van der Waals surface area contributed by atoms with Gasteiger partial charge in [0.15, 0.2) is 6.61 Å². The van der Waals surface area contributed by atoms with Gasteiger partial charge in [0, 0.05) is 29.8 Å². The van der Waals surface area contributed by atoms with E-state index in [1.807, 2.05) is 57.2 Å². The van der Waals surface area contributed by atoms with Gasteiger partial charge >= 0.3 is 5.97 Å². The highest BCUT2D eigenvalue weighted by atomic mass is 32.1. The molecule has 0 saturated carbocycles. The van der Waals surface area contributed by atoms with Crippen molar-refractivity contribution in [2.24, 2.45) is 11.3 Å². The number of amides is 2. The molecule has 2 aromatic carbocycles. The fourth-order valence-corrected chi connectivity index (χ4v) is 5.16. The molecule has 2 amide bonds. The molecule has 1 N–H and O–H groups in total. The van der Waals surface area contributed by atoms with Crippen molar-refractivity contribution in [1.82, 2.24) is 9.88 Å². The van der Waals surface area contributed by atoms with Crippen LogP contribution >= 0.6 is 11.3 Å². The number of benzene rings is 2. The van der Waals surface area contributed by atoms with Crippen LogP contribution in [0.2, 0.25) is 0 Å². The Morgan fingerprint density at radius 3 is 2.43 bits per heavy atom. The van der Waals surface area contributed by atoms with Gasteiger partial charge in [-0.1, -0.05) is 26.8 Å². The Kier molecular flexibility index (Phi) is 7.21. The monoisotopic (exact) mass is 493 g/mol. The Labute approximate surface area is 209 Å². The van der Waals surface area contributed by atoms with Crippen LogP contribution in [0.4, 0.5) is 5.69 Å². The van der Waals surface area contributed by atoms with Crippen LogP contribution in [0.25, 0.3) is 20.8 Å². The number of aryl methyl sites for hydroxylation is 1. The third-order valence-corrected chi connectivity index (χ3v) is 7.13. The van der Waals surface area contributed by atoms with E-state index in [1.54, 1.807) is 16.2 Å². The minimum absolute atomic E-state index is 0.0907. The molecule has 0 unspecified atom stereocenters. The van der Waals surface area contributed by atoms with Crippen LogP contribution in [0, 0.1) is 18.3 Å². The first kappa shape index (κ1) is 24.9. The first-order valence-corrected chi connectivity index (χ1v) is 12.7. The number of piperidine rings is 1. The molecule has 0 bridgehead atoms. The lowest BCUT2D eigenvalue weighted by Crippen LogP contribution is -2.45. The van der Waals surface area contributed by atoms with Crippen LogP contribution in [-0.4, -0.2) is 47.4 Å². The molecule has 1 aliphatic heterocycles. The normalized spacial score (nSPS) is 14.7. The number of hydrogen-bond acceptors (Lipinski definition) is 6. The molecule has 2 heterocycles. The average Bonchev–Trinajstić information content (AvgIpc) is 3.25. The lowest BCUT2D eigenvalue weighted by Gasteiger charge is -2.34. The van der Waals surface area contributed by atoms with Crippen molar-refractivity contribution < 1.29 is 19.1 Å². The van der Waals surface area contributed by atoms with Gasteiger partial charge in [-0.3, -0.25) is 14.4 Å². The molecular formula is C27H31N3O4S. The highest BCUT2D eigenvalue weighted by Gasteiger charge is 2.33. The minimum Gasteiger partial charge on any atom is -0.455 e. The molecular weight excluding hydrogens is 462 g/mol. The maximum absolute atomic E-state index is 12.4. The summed E-state index contributed by atoms with van der Waals surface area (Å²) in [7, 11) is 0. The van der Waals surface area contributed by atoms with Crippen LogP contribution in [0.1, 0.15) is 39.2 Å². The zero-order valence-corrected chi connectivity index (χ0v) is 21.4. The lowest BCUT2D eigenvalue weighted by atomic mass is 9.91. The van der Waals surface area contributed by atoms with Gasteiger partial charge in [-0.05, 0) is 61.7 Å². The van der Waals surface area contributed by atoms with Crippen LogP contribution in [0.15, 0.2) is 42.5 Å². The van der Waals surface area contributed by atoms with E-state index >= 15 is 0 Å². The maximum atomic E-state index is 12.4. The average molecular weight is 494 g/mol. The smallest absolute Gasteiger partial charge is 0.309 e. The third kappa shape index (κ3) is 6.06. The number of likely N-dealkylation sites (tertiary alicyclic amines) is 1. The third-order valence-electron chi connectivity index (χ3n) is 6.06. The number of thiazole rings is 1. The number of fused-ring (bicyclic) bond motifs is 1. The Morgan fingerprint density at radius 2 is 1.77 bits per heavy atom. The summed E-state index contributed by atoms with van der Waals surface area (Å²) in [6, 6.07) is 13.7. The predicted molar refractivity (Wildman–Crippen MR) is 138 cm³/mol. The van der Waals surface area contributed by atoms with Gasteiger partial charge in [-0.2, -0.15) is 0 Å². The summed E-state index contributed by atoms with van der Waals surface area (Å²) in [5.41, 5.74) is 3.34. The molecule has 0 aliphatic carbocycles. The number of carbonyl (C=O) groups excluding carboxylic acids is 3.